The minimum Gasteiger partial charge on any atom is -0.450 e. The number of Topliss-reactive ketones (excluding diaryl/α,β-unsaturated/α-hetero) is 2. The van der Waals surface area contributed by atoms with Gasteiger partial charge in [0.25, 0.3) is 0 Å². The van der Waals surface area contributed by atoms with Crippen LogP contribution < -0.4 is 0 Å². The number of hydrogen-bond donors (Lipinski definition) is 1. The maximum atomic E-state index is 13.2. The molecule has 3 fully saturated rings. The Bertz CT molecular complexity index is 799. The largest absolute Gasteiger partial charge is 0.450 e. The minimum atomic E-state index is -1.26. The van der Waals surface area contributed by atoms with Gasteiger partial charge < -0.3 is 9.84 Å². The lowest BCUT2D eigenvalue weighted by Crippen LogP contribution is -2.60. The molecule has 5 heteroatoms. The van der Waals surface area contributed by atoms with Gasteiger partial charge in [0.1, 0.15) is 12.4 Å². The Morgan fingerprint density at radius 2 is 2.00 bits per heavy atom. The Hall–Kier alpha value is -1.49. The van der Waals surface area contributed by atoms with Crippen molar-refractivity contribution >= 4 is 17.5 Å². The molecule has 166 valence electrons. The second-order valence-electron chi connectivity index (χ2n) is 10.7. The molecule has 30 heavy (non-hydrogen) atoms. The van der Waals surface area contributed by atoms with E-state index in [1.54, 1.807) is 6.92 Å². The highest BCUT2D eigenvalue weighted by Gasteiger charge is 2.70. The number of ether oxygens (including phenoxy) is 1. The highest BCUT2D eigenvalue weighted by Crippen LogP contribution is 2.68. The van der Waals surface area contributed by atoms with Crippen molar-refractivity contribution in [1.82, 2.24) is 0 Å². The molecule has 4 aliphatic rings. The number of carbonyl (C=O) groups is 3. The number of hydrogen-bond acceptors (Lipinski definition) is 5. The number of carbonyl (C=O) groups excluding carboxylic acids is 3. The maximum Gasteiger partial charge on any atom is 0.306 e. The van der Waals surface area contributed by atoms with Crippen LogP contribution >= 0.6 is 0 Å². The Kier molecular flexibility index (Phi) is 5.28. The molecule has 4 aliphatic carbocycles. The monoisotopic (exact) mass is 416 g/mol. The molecule has 0 aromatic rings. The lowest BCUT2D eigenvalue weighted by atomic mass is 9.48. The van der Waals surface area contributed by atoms with Gasteiger partial charge in [-0.3, -0.25) is 14.4 Å². The third kappa shape index (κ3) is 2.73. The molecule has 0 aliphatic heterocycles. The number of esters is 1. The summed E-state index contributed by atoms with van der Waals surface area (Å²) in [6.45, 7) is 7.58. The number of fused-ring (bicyclic) bond motifs is 5. The average Bonchev–Trinajstić information content (AvgIpc) is 2.95. The Balaban J connectivity index is 1.77. The molecule has 3 saturated carbocycles. The summed E-state index contributed by atoms with van der Waals surface area (Å²) in [5.74, 6) is 0.548. The van der Waals surface area contributed by atoms with E-state index >= 15 is 0 Å². The van der Waals surface area contributed by atoms with Crippen LogP contribution in [0.15, 0.2) is 11.6 Å². The normalized spacial score (nSPS) is 45.1. The first-order valence-electron chi connectivity index (χ1n) is 11.7. The number of allylic oxidation sites excluding steroid dienone is 2. The first kappa shape index (κ1) is 21.7. The lowest BCUT2D eigenvalue weighted by Gasteiger charge is -2.57. The quantitative estimate of drug-likeness (QED) is 0.553. The summed E-state index contributed by atoms with van der Waals surface area (Å²) in [5.41, 5.74) is -0.232. The number of aliphatic hydroxyl groups is 1. The zero-order valence-corrected chi connectivity index (χ0v) is 18.8. The van der Waals surface area contributed by atoms with Gasteiger partial charge >= 0.3 is 5.97 Å². The van der Waals surface area contributed by atoms with Crippen LogP contribution in [-0.2, 0) is 19.1 Å². The van der Waals surface area contributed by atoms with Gasteiger partial charge in [-0.1, -0.05) is 39.3 Å². The second-order valence-corrected chi connectivity index (χ2v) is 10.7. The summed E-state index contributed by atoms with van der Waals surface area (Å²) in [6.07, 6.45) is 8.37. The van der Waals surface area contributed by atoms with Crippen LogP contribution in [0.5, 0.6) is 0 Å². The summed E-state index contributed by atoms with van der Waals surface area (Å²) in [5, 5.41) is 9.83. The molecule has 0 heterocycles. The highest BCUT2D eigenvalue weighted by molar-refractivity contribution is 5.92. The van der Waals surface area contributed by atoms with E-state index in [1.807, 2.05) is 6.92 Å². The third-order valence-corrected chi connectivity index (χ3v) is 9.50. The van der Waals surface area contributed by atoms with Crippen LogP contribution in [-0.4, -0.2) is 34.9 Å². The number of rotatable bonds is 4. The summed E-state index contributed by atoms with van der Waals surface area (Å²) < 4.78 is 5.99. The Morgan fingerprint density at radius 3 is 2.67 bits per heavy atom. The second kappa shape index (κ2) is 7.29. The van der Waals surface area contributed by atoms with Crippen LogP contribution in [0.1, 0.15) is 79.1 Å². The Labute approximate surface area is 179 Å². The third-order valence-electron chi connectivity index (χ3n) is 9.50. The molecule has 5 nitrogen and oxygen atoms in total. The van der Waals surface area contributed by atoms with Crippen molar-refractivity contribution in [3.63, 3.8) is 0 Å². The molecule has 0 amide bonds. The predicted octanol–water partition coefficient (Wildman–Crippen LogP) is 4.02. The Morgan fingerprint density at radius 1 is 1.27 bits per heavy atom. The van der Waals surface area contributed by atoms with Crippen molar-refractivity contribution in [3.05, 3.63) is 11.6 Å². The molecule has 0 unspecified atom stereocenters. The fourth-order valence-electron chi connectivity index (χ4n) is 7.88. The minimum absolute atomic E-state index is 0.0632. The van der Waals surface area contributed by atoms with E-state index in [1.165, 1.54) is 5.57 Å². The molecular weight excluding hydrogens is 380 g/mol. The van der Waals surface area contributed by atoms with Gasteiger partial charge in [0, 0.05) is 30.6 Å². The molecule has 0 saturated heterocycles. The SMILES string of the molecule is CCC(=O)O[C@@]1(C(=O)CO)[C@H](C)C[C@H]2[C@@H]3CC[C@H]4CC(=O)CC[C@]4(C)C3=CC[C@@]21C. The summed E-state index contributed by atoms with van der Waals surface area (Å²) in [6, 6.07) is 0. The molecule has 0 aromatic heterocycles. The van der Waals surface area contributed by atoms with Gasteiger partial charge in [-0.2, -0.15) is 0 Å². The average molecular weight is 417 g/mol. The molecule has 0 aromatic carbocycles. The van der Waals surface area contributed by atoms with E-state index in [-0.39, 0.29) is 35.4 Å². The van der Waals surface area contributed by atoms with Crippen LogP contribution in [0.25, 0.3) is 0 Å². The molecule has 0 radical (unpaired) electrons. The number of ketones is 2. The summed E-state index contributed by atoms with van der Waals surface area (Å²) in [7, 11) is 0. The molecule has 1 N–H and O–H groups in total. The summed E-state index contributed by atoms with van der Waals surface area (Å²) in [4.78, 5) is 37.7. The fraction of sp³-hybridized carbons (Fsp3) is 0.800. The summed E-state index contributed by atoms with van der Waals surface area (Å²) >= 11 is 0. The zero-order chi connectivity index (χ0) is 21.9. The van der Waals surface area contributed by atoms with Crippen molar-refractivity contribution in [3.8, 4) is 0 Å². The predicted molar refractivity (Wildman–Crippen MR) is 112 cm³/mol. The van der Waals surface area contributed by atoms with E-state index < -0.39 is 17.6 Å². The molecule has 7 atom stereocenters. The first-order valence-corrected chi connectivity index (χ1v) is 11.7. The van der Waals surface area contributed by atoms with Crippen LogP contribution in [0, 0.1) is 34.5 Å². The van der Waals surface area contributed by atoms with E-state index in [2.05, 4.69) is 19.9 Å². The van der Waals surface area contributed by atoms with Crippen LogP contribution in [0.4, 0.5) is 0 Å². The zero-order valence-electron chi connectivity index (χ0n) is 18.8. The first-order chi connectivity index (χ1) is 14.1. The topological polar surface area (TPSA) is 80.7 Å². The van der Waals surface area contributed by atoms with Crippen LogP contribution in [0.3, 0.4) is 0 Å². The molecule has 0 spiro atoms. The van der Waals surface area contributed by atoms with Gasteiger partial charge in [0.15, 0.2) is 5.60 Å². The van der Waals surface area contributed by atoms with E-state index in [0.29, 0.717) is 36.9 Å². The van der Waals surface area contributed by atoms with Gasteiger partial charge in [-0.25, -0.2) is 0 Å². The van der Waals surface area contributed by atoms with Crippen molar-refractivity contribution in [1.29, 1.82) is 0 Å². The van der Waals surface area contributed by atoms with Crippen LogP contribution in [0.2, 0.25) is 0 Å². The lowest BCUT2D eigenvalue weighted by molar-refractivity contribution is -0.190. The van der Waals surface area contributed by atoms with Gasteiger partial charge in [0.05, 0.1) is 0 Å². The van der Waals surface area contributed by atoms with Crippen molar-refractivity contribution in [2.75, 3.05) is 6.61 Å². The maximum absolute atomic E-state index is 13.2. The van der Waals surface area contributed by atoms with Gasteiger partial charge in [0.2, 0.25) is 5.78 Å². The van der Waals surface area contributed by atoms with Crippen molar-refractivity contribution < 1.29 is 24.2 Å². The molecule has 0 bridgehead atoms. The van der Waals surface area contributed by atoms with E-state index in [0.717, 1.165) is 25.7 Å². The van der Waals surface area contributed by atoms with E-state index in [4.69, 9.17) is 4.74 Å². The fourth-order valence-corrected chi connectivity index (χ4v) is 7.88. The standard InChI is InChI=1S/C25H36O5/c1-5-22(29)30-25(21(28)14-26)15(2)12-20-18-7-6-16-13-17(27)8-10-23(16,3)19(18)9-11-24(20,25)4/h9,15-16,18,20,26H,5-8,10-14H2,1-4H3/t15-,16+,18-,20+,23+,24+,25-/m1/s1. The van der Waals surface area contributed by atoms with Gasteiger partial charge in [-0.15, -0.1) is 0 Å². The van der Waals surface area contributed by atoms with Crippen molar-refractivity contribution in [2.24, 2.45) is 34.5 Å². The highest BCUT2D eigenvalue weighted by atomic mass is 16.6. The number of aliphatic hydroxyl groups excluding tert-OH is 1. The van der Waals surface area contributed by atoms with E-state index in [9.17, 15) is 19.5 Å². The van der Waals surface area contributed by atoms with Crippen molar-refractivity contribution in [2.45, 2.75) is 84.7 Å². The smallest absolute Gasteiger partial charge is 0.306 e. The molecule has 4 rings (SSSR count). The van der Waals surface area contributed by atoms with Gasteiger partial charge in [-0.05, 0) is 55.3 Å². The molecular formula is C25H36O5.